The normalized spacial score (nSPS) is 17.9. The number of ketones is 1. The summed E-state index contributed by atoms with van der Waals surface area (Å²) >= 11 is 5.61. The molecule has 6 rings (SSSR count). The van der Waals surface area contributed by atoms with E-state index in [1.807, 2.05) is 71.6 Å². The van der Waals surface area contributed by atoms with Crippen LogP contribution in [0.5, 0.6) is 0 Å². The summed E-state index contributed by atoms with van der Waals surface area (Å²) in [5.41, 5.74) is 3.14. The van der Waals surface area contributed by atoms with Gasteiger partial charge in [-0.15, -0.1) is 0 Å². The van der Waals surface area contributed by atoms with Crippen molar-refractivity contribution in [3.05, 3.63) is 101 Å². The molecular formula is C35H35N5O4S. The topological polar surface area (TPSA) is 106 Å². The van der Waals surface area contributed by atoms with Gasteiger partial charge in [-0.25, -0.2) is 4.79 Å². The lowest BCUT2D eigenvalue weighted by atomic mass is 9.88. The number of carbonyl (C=O) groups is 3. The van der Waals surface area contributed by atoms with E-state index in [9.17, 15) is 14.4 Å². The number of piperidine rings is 2. The first kappa shape index (κ1) is 30.3. The van der Waals surface area contributed by atoms with E-state index < -0.39 is 5.60 Å². The van der Waals surface area contributed by atoms with E-state index in [2.05, 4.69) is 16.3 Å². The number of likely N-dealkylation sites (tertiary alicyclic amines) is 2. The highest BCUT2D eigenvalue weighted by molar-refractivity contribution is 7.80. The molecule has 3 aliphatic rings. The van der Waals surface area contributed by atoms with Crippen LogP contribution in [0.15, 0.2) is 78.9 Å². The van der Waals surface area contributed by atoms with Crippen LogP contribution < -0.4 is 5.32 Å². The third kappa shape index (κ3) is 6.84. The molecular weight excluding hydrogens is 586 g/mol. The molecule has 0 unspecified atom stereocenters. The predicted octanol–water partition coefficient (Wildman–Crippen LogP) is 5.48. The average Bonchev–Trinajstić information content (AvgIpc) is 3.38. The summed E-state index contributed by atoms with van der Waals surface area (Å²) in [6, 6.07) is 26.0. The zero-order valence-corrected chi connectivity index (χ0v) is 25.8. The summed E-state index contributed by atoms with van der Waals surface area (Å²) in [7, 11) is 0. The van der Waals surface area contributed by atoms with Crippen LogP contribution in [0.3, 0.4) is 0 Å². The highest BCUT2D eigenvalue weighted by atomic mass is 32.1. The van der Waals surface area contributed by atoms with E-state index in [4.69, 9.17) is 22.2 Å². The van der Waals surface area contributed by atoms with Gasteiger partial charge in [0.1, 0.15) is 5.60 Å². The van der Waals surface area contributed by atoms with Crippen molar-refractivity contribution >= 4 is 40.8 Å². The first-order valence-corrected chi connectivity index (χ1v) is 15.7. The predicted molar refractivity (Wildman–Crippen MR) is 174 cm³/mol. The third-order valence-corrected chi connectivity index (χ3v) is 9.41. The highest BCUT2D eigenvalue weighted by Crippen LogP contribution is 2.34. The van der Waals surface area contributed by atoms with E-state index in [0.717, 1.165) is 16.8 Å². The van der Waals surface area contributed by atoms with E-state index in [1.54, 1.807) is 17.0 Å². The maximum atomic E-state index is 13.2. The van der Waals surface area contributed by atoms with Gasteiger partial charge in [-0.05, 0) is 67.0 Å². The number of thiocarbonyl (C=S) groups is 1. The minimum Gasteiger partial charge on any atom is -0.441 e. The van der Waals surface area contributed by atoms with Gasteiger partial charge in [0.2, 0.25) is 0 Å². The first-order valence-electron chi connectivity index (χ1n) is 15.3. The van der Waals surface area contributed by atoms with E-state index in [0.29, 0.717) is 81.2 Å². The maximum Gasteiger partial charge on any atom is 0.410 e. The molecule has 3 saturated heterocycles. The van der Waals surface area contributed by atoms with Gasteiger partial charge in [-0.2, -0.15) is 5.26 Å². The van der Waals surface area contributed by atoms with Crippen molar-refractivity contribution in [2.24, 2.45) is 5.92 Å². The standard InChI is InChI=1S/C35H35N5O4S/c36-22-25-8-12-30(13-9-25)37-33(45)39-20-16-35(17-21-39)24-40(34(43)44-35)23-26-6-10-29(11-7-26)32(42)38-18-14-28(15-19-38)31(41)27-4-2-1-3-5-27/h1-13,28H,14-21,23-24H2,(H,37,45). The van der Waals surface area contributed by atoms with Crippen LogP contribution in [0.1, 0.15) is 57.5 Å². The molecule has 0 radical (unpaired) electrons. The number of Topliss-reactive ketones (excluding diaryl/α,β-unsaturated/α-hetero) is 1. The molecule has 3 aromatic carbocycles. The largest absolute Gasteiger partial charge is 0.441 e. The summed E-state index contributed by atoms with van der Waals surface area (Å²) in [4.78, 5) is 44.5. The Morgan fingerprint density at radius 3 is 2.20 bits per heavy atom. The number of hydrogen-bond donors (Lipinski definition) is 1. The Labute approximate surface area is 268 Å². The minimum atomic E-state index is -0.540. The lowest BCUT2D eigenvalue weighted by Crippen LogP contribution is -2.49. The molecule has 2 amide bonds. The van der Waals surface area contributed by atoms with Gasteiger partial charge in [0, 0.05) is 68.3 Å². The van der Waals surface area contributed by atoms with Crippen molar-refractivity contribution in [1.82, 2.24) is 14.7 Å². The number of nitriles is 1. The molecule has 3 heterocycles. The van der Waals surface area contributed by atoms with Crippen molar-refractivity contribution in [3.8, 4) is 6.07 Å². The molecule has 0 bridgehead atoms. The Bertz CT molecular complexity index is 1600. The van der Waals surface area contributed by atoms with Gasteiger partial charge in [0.25, 0.3) is 5.91 Å². The van der Waals surface area contributed by atoms with Gasteiger partial charge in [0.15, 0.2) is 10.9 Å². The highest BCUT2D eigenvalue weighted by Gasteiger charge is 2.47. The molecule has 3 aliphatic heterocycles. The minimum absolute atomic E-state index is 0.0370. The molecule has 45 heavy (non-hydrogen) atoms. The Kier molecular flexibility index (Phi) is 8.80. The van der Waals surface area contributed by atoms with Crippen LogP contribution in [-0.2, 0) is 11.3 Å². The fourth-order valence-electron chi connectivity index (χ4n) is 6.36. The molecule has 10 heteroatoms. The number of anilines is 1. The lowest BCUT2D eigenvalue weighted by molar-refractivity contribution is 0.0151. The summed E-state index contributed by atoms with van der Waals surface area (Å²) in [5, 5.41) is 12.8. The summed E-state index contributed by atoms with van der Waals surface area (Å²) in [5.74, 6) is 0.0572. The Hall–Kier alpha value is -4.75. The van der Waals surface area contributed by atoms with Crippen LogP contribution in [-0.4, -0.2) is 75.9 Å². The van der Waals surface area contributed by atoms with Gasteiger partial charge in [-0.1, -0.05) is 42.5 Å². The zero-order valence-electron chi connectivity index (χ0n) is 25.0. The van der Waals surface area contributed by atoms with Crippen molar-refractivity contribution in [1.29, 1.82) is 5.26 Å². The molecule has 230 valence electrons. The average molecular weight is 622 g/mol. The number of carbonyl (C=O) groups excluding carboxylic acids is 3. The van der Waals surface area contributed by atoms with Crippen molar-refractivity contribution < 1.29 is 19.1 Å². The molecule has 0 aliphatic carbocycles. The maximum absolute atomic E-state index is 13.2. The summed E-state index contributed by atoms with van der Waals surface area (Å²) in [6.45, 7) is 3.35. The molecule has 0 atom stereocenters. The van der Waals surface area contributed by atoms with E-state index >= 15 is 0 Å². The number of rotatable bonds is 6. The molecule has 9 nitrogen and oxygen atoms in total. The van der Waals surface area contributed by atoms with Gasteiger partial charge in [-0.3, -0.25) is 14.5 Å². The monoisotopic (exact) mass is 621 g/mol. The lowest BCUT2D eigenvalue weighted by Gasteiger charge is -2.38. The first-order chi connectivity index (χ1) is 21.8. The van der Waals surface area contributed by atoms with Gasteiger partial charge >= 0.3 is 6.09 Å². The van der Waals surface area contributed by atoms with Crippen LogP contribution in [0, 0.1) is 17.2 Å². The third-order valence-electron chi connectivity index (χ3n) is 9.05. The summed E-state index contributed by atoms with van der Waals surface area (Å²) in [6.07, 6.45) is 2.34. The van der Waals surface area contributed by atoms with Crippen LogP contribution >= 0.6 is 12.2 Å². The second kappa shape index (κ2) is 13.1. The quantitative estimate of drug-likeness (QED) is 0.285. The zero-order chi connectivity index (χ0) is 31.4. The number of ether oxygens (including phenoxy) is 1. The number of amides is 2. The fraction of sp³-hybridized carbons (Fsp3) is 0.343. The van der Waals surface area contributed by atoms with Gasteiger partial charge < -0.3 is 19.9 Å². The van der Waals surface area contributed by atoms with Crippen LogP contribution in [0.25, 0.3) is 0 Å². The molecule has 1 N–H and O–H groups in total. The number of benzene rings is 3. The Morgan fingerprint density at radius 2 is 1.56 bits per heavy atom. The fourth-order valence-corrected chi connectivity index (χ4v) is 6.66. The molecule has 0 saturated carbocycles. The van der Waals surface area contributed by atoms with Crippen molar-refractivity contribution in [3.63, 3.8) is 0 Å². The second-order valence-corrected chi connectivity index (χ2v) is 12.4. The molecule has 3 aromatic rings. The van der Waals surface area contributed by atoms with Crippen molar-refractivity contribution in [2.45, 2.75) is 37.8 Å². The van der Waals surface area contributed by atoms with Crippen molar-refractivity contribution in [2.75, 3.05) is 38.0 Å². The Balaban J connectivity index is 0.974. The number of nitrogens with zero attached hydrogens (tertiary/aromatic N) is 4. The summed E-state index contributed by atoms with van der Waals surface area (Å²) < 4.78 is 5.92. The van der Waals surface area contributed by atoms with Crippen LogP contribution in [0.2, 0.25) is 0 Å². The van der Waals surface area contributed by atoms with E-state index in [1.165, 1.54) is 0 Å². The van der Waals surface area contributed by atoms with Gasteiger partial charge in [0.05, 0.1) is 18.2 Å². The number of hydrogen-bond acceptors (Lipinski definition) is 6. The second-order valence-electron chi connectivity index (χ2n) is 12.0. The molecule has 0 aromatic heterocycles. The number of nitrogens with one attached hydrogen (secondary N) is 1. The van der Waals surface area contributed by atoms with Crippen LogP contribution in [0.4, 0.5) is 10.5 Å². The Morgan fingerprint density at radius 1 is 0.889 bits per heavy atom. The smallest absolute Gasteiger partial charge is 0.410 e. The SMILES string of the molecule is N#Cc1ccc(NC(=S)N2CCC3(CC2)CN(Cc2ccc(C(=O)N4CCC(C(=O)c5ccccc5)CC4)cc2)C(=O)O3)cc1. The molecule has 3 fully saturated rings. The molecule has 1 spiro atoms. The van der Waals surface area contributed by atoms with E-state index in [-0.39, 0.29) is 23.7 Å².